The van der Waals surface area contributed by atoms with Crippen LogP contribution in [0.15, 0.2) is 16.5 Å². The zero-order valence-electron chi connectivity index (χ0n) is 21.9. The number of quaternary nitrogens is 1. The van der Waals surface area contributed by atoms with Gasteiger partial charge in [0.05, 0.1) is 13.2 Å². The Bertz CT molecular complexity index is 822. The number of aliphatic carboxylic acids is 1. The molecule has 204 valence electrons. The number of rotatable bonds is 18. The number of esters is 1. The van der Waals surface area contributed by atoms with Crippen LogP contribution in [0.5, 0.6) is 5.95 Å². The number of carbonyl (C=O) groups excluding carboxylic acids is 1. The van der Waals surface area contributed by atoms with Gasteiger partial charge >= 0.3 is 18.0 Å². The molecule has 0 saturated carbocycles. The summed E-state index contributed by atoms with van der Waals surface area (Å²) in [4.78, 5) is 36.1. The van der Waals surface area contributed by atoms with E-state index in [9.17, 15) is 24.6 Å². The number of ether oxygens (including phenoxy) is 2. The Morgan fingerprint density at radius 3 is 2.11 bits per heavy atom. The molecule has 0 bridgehead atoms. The van der Waals surface area contributed by atoms with E-state index in [1.807, 2.05) is 0 Å². The van der Waals surface area contributed by atoms with E-state index in [1.54, 1.807) is 0 Å². The smallest absolute Gasteiger partial charge is 0.477 e. The van der Waals surface area contributed by atoms with E-state index in [1.165, 1.54) is 83.3 Å². The van der Waals surface area contributed by atoms with E-state index in [-0.39, 0.29) is 24.7 Å². The van der Waals surface area contributed by atoms with Crippen molar-refractivity contribution in [3.05, 3.63) is 17.9 Å². The molecule has 1 aliphatic rings. The van der Waals surface area contributed by atoms with E-state index in [2.05, 4.69) is 6.92 Å². The number of hydrogen-bond acceptors (Lipinski definition) is 6. The van der Waals surface area contributed by atoms with Crippen molar-refractivity contribution < 1.29 is 43.0 Å². The number of nitrogens with zero attached hydrogens (tertiary/aromatic N) is 1. The summed E-state index contributed by atoms with van der Waals surface area (Å²) in [6.07, 6.45) is 13.2. The second-order valence-electron chi connectivity index (χ2n) is 9.79. The van der Waals surface area contributed by atoms with E-state index in [0.29, 0.717) is 13.0 Å². The highest BCUT2D eigenvalue weighted by Gasteiger charge is 2.57. The second-order valence-corrected chi connectivity index (χ2v) is 9.79. The predicted molar refractivity (Wildman–Crippen MR) is 134 cm³/mol. The minimum Gasteiger partial charge on any atom is -0.477 e. The third-order valence-electron chi connectivity index (χ3n) is 7.15. The van der Waals surface area contributed by atoms with Gasteiger partial charge in [-0.05, 0) is 12.5 Å². The lowest BCUT2D eigenvalue weighted by molar-refractivity contribution is -0.904. The first-order chi connectivity index (χ1) is 17.3. The first-order valence-electron chi connectivity index (χ1n) is 13.6. The molecule has 1 amide bonds. The van der Waals surface area contributed by atoms with Crippen LogP contribution in [0.3, 0.4) is 0 Å². The van der Waals surface area contributed by atoms with Crippen molar-refractivity contribution in [2.24, 2.45) is 0 Å². The molecule has 9 heteroatoms. The molecule has 0 radical (unpaired) electrons. The number of hydrogen-bond donors (Lipinski definition) is 2. The van der Waals surface area contributed by atoms with Crippen molar-refractivity contribution >= 4 is 18.0 Å². The van der Waals surface area contributed by atoms with Crippen molar-refractivity contribution in [2.45, 2.75) is 116 Å². The second kappa shape index (κ2) is 15.5. The molecule has 36 heavy (non-hydrogen) atoms. The van der Waals surface area contributed by atoms with Crippen molar-refractivity contribution in [1.29, 1.82) is 0 Å². The molecule has 3 unspecified atom stereocenters. The highest BCUT2D eigenvalue weighted by Crippen LogP contribution is 2.32. The van der Waals surface area contributed by atoms with Crippen LogP contribution in [-0.4, -0.2) is 58.1 Å². The standard InChI is InChI=1S/C27H43NO8/c1-3-4-5-6-7-8-9-10-11-12-13-14-20-34-24-18-17-23(36-24)26(31)35-21(2)28(27(32)33)19-15-16-22(28)25(29)30/h17-18,21-22H,3-16,19-20H2,1-2H3,(H-,29,30,32,33)/p+1. The molecule has 2 rings (SSSR count). The summed E-state index contributed by atoms with van der Waals surface area (Å²) >= 11 is 0. The van der Waals surface area contributed by atoms with Crippen LogP contribution in [0.4, 0.5) is 4.79 Å². The van der Waals surface area contributed by atoms with Gasteiger partial charge in [-0.25, -0.2) is 9.59 Å². The van der Waals surface area contributed by atoms with Gasteiger partial charge < -0.3 is 24.1 Å². The lowest BCUT2D eigenvalue weighted by Crippen LogP contribution is -2.64. The number of furan rings is 1. The molecule has 1 saturated heterocycles. The van der Waals surface area contributed by atoms with Crippen LogP contribution in [0.1, 0.15) is 114 Å². The van der Waals surface area contributed by atoms with E-state index < -0.39 is 34.8 Å². The third-order valence-corrected chi connectivity index (χ3v) is 7.15. The van der Waals surface area contributed by atoms with Gasteiger partial charge in [0.15, 0.2) is 6.04 Å². The minimum atomic E-state index is -1.33. The lowest BCUT2D eigenvalue weighted by atomic mass is 10.1. The molecule has 0 aromatic carbocycles. The highest BCUT2D eigenvalue weighted by atomic mass is 16.6. The molecule has 1 aromatic rings. The van der Waals surface area contributed by atoms with Gasteiger partial charge in [-0.2, -0.15) is 9.28 Å². The monoisotopic (exact) mass is 510 g/mol. The van der Waals surface area contributed by atoms with Gasteiger partial charge in [0.1, 0.15) is 0 Å². The Morgan fingerprint density at radius 2 is 1.56 bits per heavy atom. The summed E-state index contributed by atoms with van der Waals surface area (Å²) < 4.78 is 15.5. The maximum atomic E-state index is 12.5. The molecule has 0 spiro atoms. The number of carbonyl (C=O) groups is 3. The molecule has 9 nitrogen and oxygen atoms in total. The van der Waals surface area contributed by atoms with Crippen LogP contribution in [0.2, 0.25) is 0 Å². The molecule has 1 aromatic heterocycles. The van der Waals surface area contributed by atoms with Crippen LogP contribution in [-0.2, 0) is 9.53 Å². The first kappa shape index (κ1) is 29.7. The average Bonchev–Trinajstić information content (AvgIpc) is 3.50. The van der Waals surface area contributed by atoms with Crippen LogP contribution in [0.25, 0.3) is 0 Å². The zero-order chi connectivity index (χ0) is 26.4. The van der Waals surface area contributed by atoms with Gasteiger partial charge in [0.25, 0.3) is 5.95 Å². The maximum Gasteiger partial charge on any atom is 0.517 e. The van der Waals surface area contributed by atoms with Crippen molar-refractivity contribution in [2.75, 3.05) is 13.2 Å². The molecular formula is C27H44NO8+. The van der Waals surface area contributed by atoms with Gasteiger partial charge in [-0.3, -0.25) is 0 Å². The zero-order valence-corrected chi connectivity index (χ0v) is 21.9. The van der Waals surface area contributed by atoms with Crippen molar-refractivity contribution in [3.63, 3.8) is 0 Å². The molecule has 1 fully saturated rings. The van der Waals surface area contributed by atoms with E-state index >= 15 is 0 Å². The predicted octanol–water partition coefficient (Wildman–Crippen LogP) is 6.60. The molecule has 2 heterocycles. The first-order valence-corrected chi connectivity index (χ1v) is 13.6. The molecule has 2 N–H and O–H groups in total. The van der Waals surface area contributed by atoms with Crippen LogP contribution >= 0.6 is 0 Å². The van der Waals surface area contributed by atoms with E-state index in [4.69, 9.17) is 13.9 Å². The number of likely N-dealkylation sites (tertiary alicyclic amines) is 1. The fraction of sp³-hybridized carbons (Fsp3) is 0.741. The summed E-state index contributed by atoms with van der Waals surface area (Å²) in [6, 6.07) is 1.77. The Balaban J connectivity index is 1.65. The average molecular weight is 511 g/mol. The third kappa shape index (κ3) is 8.54. The summed E-state index contributed by atoms with van der Waals surface area (Å²) in [6.45, 7) is 4.20. The maximum absolute atomic E-state index is 12.5. The summed E-state index contributed by atoms with van der Waals surface area (Å²) in [5.41, 5.74) is 0. The minimum absolute atomic E-state index is 0.0757. The SMILES string of the molecule is CCCCCCCCCCCCCCOc1ccc(C(=O)OC(C)[N+]2(C(=O)O)CCCC2C(=O)O)o1. The number of unbranched alkanes of at least 4 members (excludes halogenated alkanes) is 11. The van der Waals surface area contributed by atoms with Crippen LogP contribution < -0.4 is 4.74 Å². The number of amides is 1. The van der Waals surface area contributed by atoms with E-state index in [0.717, 1.165) is 12.8 Å². The Hall–Kier alpha value is -2.55. The molecule has 0 aliphatic carbocycles. The van der Waals surface area contributed by atoms with Gasteiger partial charge in [0.2, 0.25) is 12.0 Å². The highest BCUT2D eigenvalue weighted by molar-refractivity contribution is 5.86. The Morgan fingerprint density at radius 1 is 0.972 bits per heavy atom. The summed E-state index contributed by atoms with van der Waals surface area (Å²) in [5.74, 6) is -1.98. The fourth-order valence-corrected chi connectivity index (χ4v) is 5.00. The Labute approximate surface area is 214 Å². The van der Waals surface area contributed by atoms with Gasteiger partial charge in [-0.1, -0.05) is 77.6 Å². The largest absolute Gasteiger partial charge is 0.517 e. The summed E-state index contributed by atoms with van der Waals surface area (Å²) in [5, 5.41) is 19.2. The van der Waals surface area contributed by atoms with Crippen molar-refractivity contribution in [1.82, 2.24) is 0 Å². The quantitative estimate of drug-likeness (QED) is 0.129. The number of carboxylic acid groups (broad SMARTS) is 2. The molecular weight excluding hydrogens is 466 g/mol. The van der Waals surface area contributed by atoms with Crippen molar-refractivity contribution in [3.8, 4) is 5.95 Å². The molecule has 3 atom stereocenters. The van der Waals surface area contributed by atoms with Gasteiger partial charge in [-0.15, -0.1) is 0 Å². The number of carboxylic acids is 1. The fourth-order valence-electron chi connectivity index (χ4n) is 5.00. The lowest BCUT2D eigenvalue weighted by Gasteiger charge is -2.36. The molecule has 1 aliphatic heterocycles. The Kier molecular flexibility index (Phi) is 12.8. The topological polar surface area (TPSA) is 123 Å². The van der Waals surface area contributed by atoms with Crippen LogP contribution in [0, 0.1) is 0 Å². The van der Waals surface area contributed by atoms with Gasteiger partial charge in [0, 0.05) is 25.8 Å². The normalized spacial score (nSPS) is 20.2. The summed E-state index contributed by atoms with van der Waals surface area (Å²) in [7, 11) is 0.